The number of hydrogen-bond donors (Lipinski definition) is 2. The lowest BCUT2D eigenvalue weighted by atomic mass is 10.0. The number of benzene rings is 2. The molecular weight excluding hydrogens is 278 g/mol. The molecule has 3 rings (SSSR count). The molecule has 0 fully saturated rings. The monoisotopic (exact) mass is 293 g/mol. The van der Waals surface area contributed by atoms with Crippen LogP contribution in [-0.2, 0) is 6.54 Å². The third-order valence-electron chi connectivity index (χ3n) is 3.38. The molecule has 1 aromatic heterocycles. The number of hydrogen-bond acceptors (Lipinski definition) is 3. The molecule has 0 saturated carbocycles. The molecule has 104 valence electrons. The van der Waals surface area contributed by atoms with Crippen molar-refractivity contribution in [3.05, 3.63) is 72.1 Å². The first-order valence-electron chi connectivity index (χ1n) is 6.71. The highest BCUT2D eigenvalue weighted by molar-refractivity contribution is 7.80. The van der Waals surface area contributed by atoms with E-state index in [0.717, 1.165) is 27.7 Å². The van der Waals surface area contributed by atoms with Crippen molar-refractivity contribution in [1.29, 1.82) is 0 Å². The van der Waals surface area contributed by atoms with E-state index >= 15 is 0 Å². The molecule has 0 saturated heterocycles. The fourth-order valence-electron chi connectivity index (χ4n) is 2.36. The second-order valence-electron chi connectivity index (χ2n) is 4.75. The lowest BCUT2D eigenvalue weighted by Crippen LogP contribution is -2.10. The Morgan fingerprint density at radius 3 is 2.48 bits per heavy atom. The van der Waals surface area contributed by atoms with E-state index in [9.17, 15) is 0 Å². The summed E-state index contributed by atoms with van der Waals surface area (Å²) in [5, 5.41) is 5.60. The van der Waals surface area contributed by atoms with Crippen molar-refractivity contribution in [1.82, 2.24) is 4.98 Å². The first-order chi connectivity index (χ1) is 10.3. The lowest BCUT2D eigenvalue weighted by molar-refractivity contribution is 1.05. The minimum Gasteiger partial charge on any atom is -0.389 e. The molecular formula is C17H15N3S. The number of thiocarbonyl (C=S) groups is 1. The van der Waals surface area contributed by atoms with Crippen molar-refractivity contribution in [2.24, 2.45) is 5.73 Å². The van der Waals surface area contributed by atoms with Gasteiger partial charge in [0.2, 0.25) is 0 Å². The third-order valence-corrected chi connectivity index (χ3v) is 3.60. The number of fused-ring (bicyclic) bond motifs is 1. The summed E-state index contributed by atoms with van der Waals surface area (Å²) in [5.74, 6) is 0. The summed E-state index contributed by atoms with van der Waals surface area (Å²) in [6, 6.07) is 18.0. The Bertz CT molecular complexity index is 784. The van der Waals surface area contributed by atoms with Crippen LogP contribution < -0.4 is 11.1 Å². The van der Waals surface area contributed by atoms with Gasteiger partial charge in [0.25, 0.3) is 0 Å². The standard InChI is InChI=1S/C17H15N3S/c18-17(21)15-8-9-16(14-7-2-1-6-13(14)15)20-11-12-5-3-4-10-19-12/h1-10,20H,11H2,(H2,18,21). The fraction of sp³-hybridized carbons (Fsp3) is 0.0588. The number of aromatic nitrogens is 1. The molecule has 0 spiro atoms. The highest BCUT2D eigenvalue weighted by atomic mass is 32.1. The van der Waals surface area contributed by atoms with Gasteiger partial charge in [-0.1, -0.05) is 42.5 Å². The second kappa shape index (κ2) is 5.89. The number of anilines is 1. The minimum atomic E-state index is 0.419. The van der Waals surface area contributed by atoms with Gasteiger partial charge in [0.1, 0.15) is 4.99 Å². The SMILES string of the molecule is NC(=S)c1ccc(NCc2ccccn2)c2ccccc12. The van der Waals surface area contributed by atoms with Gasteiger partial charge in [-0.25, -0.2) is 0 Å². The van der Waals surface area contributed by atoms with E-state index in [1.54, 1.807) is 6.20 Å². The number of nitrogens with zero attached hydrogens (tertiary/aromatic N) is 1. The van der Waals surface area contributed by atoms with Crippen LogP contribution >= 0.6 is 12.2 Å². The summed E-state index contributed by atoms with van der Waals surface area (Å²) >= 11 is 5.12. The topological polar surface area (TPSA) is 50.9 Å². The summed E-state index contributed by atoms with van der Waals surface area (Å²) in [5.41, 5.74) is 8.75. The first kappa shape index (κ1) is 13.5. The smallest absolute Gasteiger partial charge is 0.104 e. The largest absolute Gasteiger partial charge is 0.389 e. The van der Waals surface area contributed by atoms with E-state index in [2.05, 4.69) is 16.4 Å². The predicted octanol–water partition coefficient (Wildman–Crippen LogP) is 3.48. The molecule has 3 N–H and O–H groups in total. The van der Waals surface area contributed by atoms with Gasteiger partial charge in [0.05, 0.1) is 12.2 Å². The molecule has 0 radical (unpaired) electrons. The number of pyridine rings is 1. The van der Waals surface area contributed by atoms with Gasteiger partial charge in [-0.15, -0.1) is 0 Å². The van der Waals surface area contributed by atoms with Crippen LogP contribution in [0.3, 0.4) is 0 Å². The number of nitrogens with two attached hydrogens (primary N) is 1. The average molecular weight is 293 g/mol. The van der Waals surface area contributed by atoms with E-state index in [4.69, 9.17) is 18.0 Å². The normalized spacial score (nSPS) is 10.5. The second-order valence-corrected chi connectivity index (χ2v) is 5.18. The van der Waals surface area contributed by atoms with Gasteiger partial charge < -0.3 is 11.1 Å². The highest BCUT2D eigenvalue weighted by Crippen LogP contribution is 2.27. The Morgan fingerprint density at radius 1 is 1.00 bits per heavy atom. The van der Waals surface area contributed by atoms with Crippen molar-refractivity contribution in [3.63, 3.8) is 0 Å². The van der Waals surface area contributed by atoms with Crippen LogP contribution in [0.2, 0.25) is 0 Å². The summed E-state index contributed by atoms with van der Waals surface area (Å²) in [7, 11) is 0. The summed E-state index contributed by atoms with van der Waals surface area (Å²) < 4.78 is 0. The van der Waals surface area contributed by atoms with Gasteiger partial charge >= 0.3 is 0 Å². The molecule has 3 aromatic rings. The van der Waals surface area contributed by atoms with E-state index in [0.29, 0.717) is 11.5 Å². The predicted molar refractivity (Wildman–Crippen MR) is 91.4 cm³/mol. The molecule has 2 aromatic carbocycles. The minimum absolute atomic E-state index is 0.419. The summed E-state index contributed by atoms with van der Waals surface area (Å²) in [6.45, 7) is 0.678. The molecule has 0 amide bonds. The van der Waals surface area contributed by atoms with Gasteiger partial charge in [-0.3, -0.25) is 4.98 Å². The Balaban J connectivity index is 1.96. The van der Waals surface area contributed by atoms with Crippen molar-refractivity contribution >= 4 is 33.7 Å². The Hall–Kier alpha value is -2.46. The highest BCUT2D eigenvalue weighted by Gasteiger charge is 2.07. The van der Waals surface area contributed by atoms with E-state index < -0.39 is 0 Å². The Labute approximate surface area is 128 Å². The zero-order valence-electron chi connectivity index (χ0n) is 11.4. The zero-order valence-corrected chi connectivity index (χ0v) is 12.2. The van der Waals surface area contributed by atoms with Crippen LogP contribution in [0.1, 0.15) is 11.3 Å². The molecule has 4 heteroatoms. The number of nitrogens with one attached hydrogen (secondary N) is 1. The van der Waals surface area contributed by atoms with Crippen LogP contribution in [0.5, 0.6) is 0 Å². The van der Waals surface area contributed by atoms with Gasteiger partial charge in [0, 0.05) is 22.8 Å². The molecule has 0 aliphatic heterocycles. The van der Waals surface area contributed by atoms with E-state index in [1.165, 1.54) is 0 Å². The molecule has 0 aliphatic carbocycles. The van der Waals surface area contributed by atoms with Crippen molar-refractivity contribution in [2.75, 3.05) is 5.32 Å². The van der Waals surface area contributed by atoms with E-state index in [1.807, 2.05) is 48.5 Å². The van der Waals surface area contributed by atoms with Gasteiger partial charge in [-0.2, -0.15) is 0 Å². The van der Waals surface area contributed by atoms with Gasteiger partial charge in [-0.05, 0) is 29.7 Å². The van der Waals surface area contributed by atoms with Crippen LogP contribution in [0.4, 0.5) is 5.69 Å². The molecule has 1 heterocycles. The van der Waals surface area contributed by atoms with E-state index in [-0.39, 0.29) is 0 Å². The average Bonchev–Trinajstić information content (AvgIpc) is 2.53. The van der Waals surface area contributed by atoms with Crippen LogP contribution in [0.15, 0.2) is 60.8 Å². The maximum Gasteiger partial charge on any atom is 0.104 e. The van der Waals surface area contributed by atoms with Crippen molar-refractivity contribution in [2.45, 2.75) is 6.54 Å². The maximum atomic E-state index is 5.80. The lowest BCUT2D eigenvalue weighted by Gasteiger charge is -2.12. The third kappa shape index (κ3) is 2.85. The van der Waals surface area contributed by atoms with Crippen molar-refractivity contribution < 1.29 is 0 Å². The number of rotatable bonds is 4. The molecule has 0 unspecified atom stereocenters. The molecule has 0 atom stereocenters. The summed E-state index contributed by atoms with van der Waals surface area (Å²) in [4.78, 5) is 4.74. The van der Waals surface area contributed by atoms with Crippen LogP contribution in [0, 0.1) is 0 Å². The molecule has 3 nitrogen and oxygen atoms in total. The van der Waals surface area contributed by atoms with Crippen LogP contribution in [-0.4, -0.2) is 9.97 Å². The first-order valence-corrected chi connectivity index (χ1v) is 7.12. The zero-order chi connectivity index (χ0) is 14.7. The molecule has 0 aliphatic rings. The Kier molecular flexibility index (Phi) is 3.79. The van der Waals surface area contributed by atoms with Gasteiger partial charge in [0.15, 0.2) is 0 Å². The van der Waals surface area contributed by atoms with Crippen LogP contribution in [0.25, 0.3) is 10.8 Å². The molecule has 21 heavy (non-hydrogen) atoms. The maximum absolute atomic E-state index is 5.80. The fourth-order valence-corrected chi connectivity index (χ4v) is 2.53. The van der Waals surface area contributed by atoms with Crippen molar-refractivity contribution in [3.8, 4) is 0 Å². The molecule has 0 bridgehead atoms. The quantitative estimate of drug-likeness (QED) is 0.723. The summed E-state index contributed by atoms with van der Waals surface area (Å²) in [6.07, 6.45) is 1.80. The Morgan fingerprint density at radius 2 is 1.76 bits per heavy atom.